The lowest BCUT2D eigenvalue weighted by atomic mass is 10.2. The SMILES string of the molecule is Cc1ccc(N2CCN(c3ccc([N+](=O)[O-])cc3F)CC2)cc1. The van der Waals surface area contributed by atoms with E-state index in [9.17, 15) is 14.5 Å². The first-order valence-electron chi connectivity index (χ1n) is 7.55. The van der Waals surface area contributed by atoms with Crippen molar-refractivity contribution in [1.29, 1.82) is 0 Å². The Morgan fingerprint density at radius 1 is 1.00 bits per heavy atom. The van der Waals surface area contributed by atoms with Crippen molar-refractivity contribution >= 4 is 17.1 Å². The van der Waals surface area contributed by atoms with Gasteiger partial charge < -0.3 is 9.80 Å². The molecule has 23 heavy (non-hydrogen) atoms. The molecule has 1 saturated heterocycles. The monoisotopic (exact) mass is 315 g/mol. The van der Waals surface area contributed by atoms with E-state index in [4.69, 9.17) is 0 Å². The summed E-state index contributed by atoms with van der Waals surface area (Å²) in [6.45, 7) is 5.00. The van der Waals surface area contributed by atoms with E-state index in [1.807, 2.05) is 4.90 Å². The number of hydrogen-bond donors (Lipinski definition) is 0. The molecular formula is C17H18FN3O2. The molecule has 0 amide bonds. The van der Waals surface area contributed by atoms with Crippen LogP contribution in [0.2, 0.25) is 0 Å². The Morgan fingerprint density at radius 2 is 1.61 bits per heavy atom. The van der Waals surface area contributed by atoms with Crippen LogP contribution in [0.4, 0.5) is 21.5 Å². The van der Waals surface area contributed by atoms with Crippen molar-refractivity contribution in [1.82, 2.24) is 0 Å². The number of piperazine rings is 1. The highest BCUT2D eigenvalue weighted by Crippen LogP contribution is 2.26. The van der Waals surface area contributed by atoms with Gasteiger partial charge in [-0.3, -0.25) is 10.1 Å². The lowest BCUT2D eigenvalue weighted by Gasteiger charge is -2.37. The number of hydrogen-bond acceptors (Lipinski definition) is 4. The second-order valence-corrected chi connectivity index (χ2v) is 5.70. The Labute approximate surface area is 134 Å². The third-order valence-electron chi connectivity index (χ3n) is 4.16. The van der Waals surface area contributed by atoms with E-state index >= 15 is 0 Å². The first-order chi connectivity index (χ1) is 11.0. The van der Waals surface area contributed by atoms with Gasteiger partial charge in [-0.25, -0.2) is 4.39 Å². The minimum atomic E-state index is -0.581. The van der Waals surface area contributed by atoms with Crippen molar-refractivity contribution in [3.8, 4) is 0 Å². The molecule has 1 aliphatic heterocycles. The molecule has 0 bridgehead atoms. The maximum absolute atomic E-state index is 14.1. The molecule has 0 saturated carbocycles. The fourth-order valence-electron chi connectivity index (χ4n) is 2.83. The van der Waals surface area contributed by atoms with Gasteiger partial charge in [-0.15, -0.1) is 0 Å². The lowest BCUT2D eigenvalue weighted by Crippen LogP contribution is -2.46. The van der Waals surface area contributed by atoms with E-state index in [2.05, 4.69) is 36.1 Å². The summed E-state index contributed by atoms with van der Waals surface area (Å²) in [5, 5.41) is 10.7. The highest BCUT2D eigenvalue weighted by molar-refractivity contribution is 5.55. The van der Waals surface area contributed by atoms with E-state index in [-0.39, 0.29) is 5.69 Å². The molecule has 0 aromatic heterocycles. The van der Waals surface area contributed by atoms with Gasteiger partial charge in [0.25, 0.3) is 5.69 Å². The summed E-state index contributed by atoms with van der Waals surface area (Å²) < 4.78 is 14.1. The third-order valence-corrected chi connectivity index (χ3v) is 4.16. The Morgan fingerprint density at radius 3 is 2.17 bits per heavy atom. The number of rotatable bonds is 3. The summed E-state index contributed by atoms with van der Waals surface area (Å²) in [4.78, 5) is 14.3. The lowest BCUT2D eigenvalue weighted by molar-refractivity contribution is -0.385. The molecule has 120 valence electrons. The van der Waals surface area contributed by atoms with Gasteiger partial charge in [0, 0.05) is 37.9 Å². The summed E-state index contributed by atoms with van der Waals surface area (Å²) in [5.74, 6) is -0.539. The number of anilines is 2. The number of non-ortho nitro benzene ring substituents is 1. The first kappa shape index (κ1) is 15.3. The van der Waals surface area contributed by atoms with Crippen LogP contribution in [0, 0.1) is 22.9 Å². The first-order valence-corrected chi connectivity index (χ1v) is 7.55. The van der Waals surface area contributed by atoms with Gasteiger partial charge in [0.05, 0.1) is 16.7 Å². The fraction of sp³-hybridized carbons (Fsp3) is 0.294. The molecule has 1 heterocycles. The minimum Gasteiger partial charge on any atom is -0.368 e. The molecule has 0 radical (unpaired) electrons. The van der Waals surface area contributed by atoms with E-state index in [0.717, 1.165) is 19.2 Å². The van der Waals surface area contributed by atoms with Crippen LogP contribution in [0.25, 0.3) is 0 Å². The third kappa shape index (κ3) is 3.26. The van der Waals surface area contributed by atoms with Gasteiger partial charge in [0.2, 0.25) is 0 Å². The summed E-state index contributed by atoms with van der Waals surface area (Å²) in [6, 6.07) is 12.2. The molecule has 1 fully saturated rings. The number of halogens is 1. The molecule has 0 N–H and O–H groups in total. The summed E-state index contributed by atoms with van der Waals surface area (Å²) in [6.07, 6.45) is 0. The predicted octanol–water partition coefficient (Wildman–Crippen LogP) is 3.37. The van der Waals surface area contributed by atoms with Crippen molar-refractivity contribution in [2.45, 2.75) is 6.92 Å². The van der Waals surface area contributed by atoms with Crippen molar-refractivity contribution in [2.75, 3.05) is 36.0 Å². The average Bonchev–Trinajstić information content (AvgIpc) is 2.56. The minimum absolute atomic E-state index is 0.218. The van der Waals surface area contributed by atoms with E-state index in [1.54, 1.807) is 0 Å². The molecule has 6 heteroatoms. The van der Waals surface area contributed by atoms with Crippen LogP contribution in [0.3, 0.4) is 0 Å². The molecule has 1 aliphatic rings. The number of nitro benzene ring substituents is 1. The Balaban J connectivity index is 1.69. The second-order valence-electron chi connectivity index (χ2n) is 5.70. The molecule has 0 spiro atoms. The highest BCUT2D eigenvalue weighted by Gasteiger charge is 2.21. The smallest absolute Gasteiger partial charge is 0.272 e. The number of nitrogens with zero attached hydrogens (tertiary/aromatic N) is 3. The Bertz CT molecular complexity index is 710. The van der Waals surface area contributed by atoms with Crippen molar-refractivity contribution in [3.63, 3.8) is 0 Å². The van der Waals surface area contributed by atoms with Crippen LogP contribution in [0.1, 0.15) is 5.56 Å². The second kappa shape index (κ2) is 6.24. The van der Waals surface area contributed by atoms with Crippen molar-refractivity contribution in [2.24, 2.45) is 0 Å². The van der Waals surface area contributed by atoms with Gasteiger partial charge in [-0.2, -0.15) is 0 Å². The summed E-state index contributed by atoms with van der Waals surface area (Å²) in [5.41, 5.74) is 2.60. The molecule has 3 rings (SSSR count). The molecule has 2 aromatic rings. The molecule has 0 aliphatic carbocycles. The van der Waals surface area contributed by atoms with Gasteiger partial charge in [0.15, 0.2) is 5.82 Å². The van der Waals surface area contributed by atoms with Gasteiger partial charge in [0.1, 0.15) is 0 Å². The average molecular weight is 315 g/mol. The van der Waals surface area contributed by atoms with Gasteiger partial charge in [-0.1, -0.05) is 17.7 Å². The zero-order chi connectivity index (χ0) is 16.4. The zero-order valence-corrected chi connectivity index (χ0v) is 12.9. The van der Waals surface area contributed by atoms with Crippen LogP contribution in [0.15, 0.2) is 42.5 Å². The van der Waals surface area contributed by atoms with E-state index < -0.39 is 10.7 Å². The molecule has 0 atom stereocenters. The van der Waals surface area contributed by atoms with E-state index in [0.29, 0.717) is 18.8 Å². The zero-order valence-electron chi connectivity index (χ0n) is 12.9. The molecule has 0 unspecified atom stereocenters. The Kier molecular flexibility index (Phi) is 4.14. The number of benzene rings is 2. The van der Waals surface area contributed by atoms with Gasteiger partial charge in [-0.05, 0) is 25.1 Å². The summed E-state index contributed by atoms with van der Waals surface area (Å²) >= 11 is 0. The van der Waals surface area contributed by atoms with Gasteiger partial charge >= 0.3 is 0 Å². The van der Waals surface area contributed by atoms with Crippen LogP contribution in [-0.2, 0) is 0 Å². The maximum Gasteiger partial charge on any atom is 0.272 e. The van der Waals surface area contributed by atoms with Crippen LogP contribution in [-0.4, -0.2) is 31.1 Å². The highest BCUT2D eigenvalue weighted by atomic mass is 19.1. The quantitative estimate of drug-likeness (QED) is 0.643. The maximum atomic E-state index is 14.1. The summed E-state index contributed by atoms with van der Waals surface area (Å²) in [7, 11) is 0. The standard InChI is InChI=1S/C17H18FN3O2/c1-13-2-4-14(5-3-13)19-8-10-20(11-9-19)17-7-6-15(21(22)23)12-16(17)18/h2-7,12H,8-11H2,1H3. The molecule has 5 nitrogen and oxygen atoms in total. The van der Waals surface area contributed by atoms with Crippen molar-refractivity contribution in [3.05, 3.63) is 64.0 Å². The topological polar surface area (TPSA) is 49.6 Å². The van der Waals surface area contributed by atoms with Crippen molar-refractivity contribution < 1.29 is 9.31 Å². The molecular weight excluding hydrogens is 297 g/mol. The normalized spacial score (nSPS) is 14.9. The predicted molar refractivity (Wildman–Crippen MR) is 88.7 cm³/mol. The van der Waals surface area contributed by atoms with Crippen LogP contribution in [0.5, 0.6) is 0 Å². The Hall–Kier alpha value is -2.63. The number of aryl methyl sites for hydroxylation is 1. The number of nitro groups is 1. The van der Waals surface area contributed by atoms with E-state index in [1.165, 1.54) is 23.4 Å². The van der Waals surface area contributed by atoms with Crippen LogP contribution < -0.4 is 9.80 Å². The fourth-order valence-corrected chi connectivity index (χ4v) is 2.83. The van der Waals surface area contributed by atoms with Crippen LogP contribution >= 0.6 is 0 Å². The largest absolute Gasteiger partial charge is 0.368 e. The molecule has 2 aromatic carbocycles.